The van der Waals surface area contributed by atoms with Crippen LogP contribution in [0.4, 0.5) is 0 Å². The molecule has 1 atom stereocenters. The minimum Gasteiger partial charge on any atom is -0.515 e. The molecule has 0 heterocycles. The van der Waals surface area contributed by atoms with E-state index >= 15 is 0 Å². The predicted octanol–water partition coefficient (Wildman–Crippen LogP) is 5.33. The lowest BCUT2D eigenvalue weighted by atomic mass is 9.82. The van der Waals surface area contributed by atoms with Gasteiger partial charge in [0.2, 0.25) is 0 Å². The van der Waals surface area contributed by atoms with E-state index in [2.05, 4.69) is 6.92 Å². The summed E-state index contributed by atoms with van der Waals surface area (Å²) in [6.45, 7) is 2.25. The average Bonchev–Trinajstić information content (AvgIpc) is 2.43. The van der Waals surface area contributed by atoms with E-state index in [1.165, 1.54) is 57.8 Å². The number of ketones is 1. The zero-order valence-corrected chi connectivity index (χ0v) is 12.5. The zero-order valence-electron chi connectivity index (χ0n) is 12.5. The van der Waals surface area contributed by atoms with Gasteiger partial charge in [-0.1, -0.05) is 64.7 Å². The van der Waals surface area contributed by atoms with Gasteiger partial charge in [0.1, 0.15) is 0 Å². The van der Waals surface area contributed by atoms with Crippen LogP contribution in [0.5, 0.6) is 0 Å². The van der Waals surface area contributed by atoms with Crippen LogP contribution in [-0.2, 0) is 4.79 Å². The second-order valence-corrected chi connectivity index (χ2v) is 5.95. The van der Waals surface area contributed by atoms with Crippen LogP contribution < -0.4 is 0 Å². The zero-order chi connectivity index (χ0) is 13.9. The molecule has 2 nitrogen and oxygen atoms in total. The number of rotatable bonds is 9. The Labute approximate surface area is 118 Å². The lowest BCUT2D eigenvalue weighted by Gasteiger charge is -2.22. The van der Waals surface area contributed by atoms with Crippen molar-refractivity contribution in [3.05, 3.63) is 11.8 Å². The molecule has 0 saturated heterocycles. The molecule has 1 N–H and O–H groups in total. The Kier molecular flexibility index (Phi) is 8.61. The number of unbranched alkanes of at least 4 members (excludes halogenated alkanes) is 7. The minimum atomic E-state index is 0.148. The number of hydrogen-bond acceptors (Lipinski definition) is 2. The Balaban J connectivity index is 1.99. The monoisotopic (exact) mass is 266 g/mol. The summed E-state index contributed by atoms with van der Waals surface area (Å²) in [4.78, 5) is 11.4. The van der Waals surface area contributed by atoms with Gasteiger partial charge in [-0.2, -0.15) is 0 Å². The van der Waals surface area contributed by atoms with Crippen molar-refractivity contribution >= 4 is 5.78 Å². The Morgan fingerprint density at radius 3 is 2.37 bits per heavy atom. The van der Waals surface area contributed by atoms with Gasteiger partial charge in [0.05, 0.1) is 6.26 Å². The van der Waals surface area contributed by atoms with Gasteiger partial charge in [0.15, 0.2) is 5.78 Å². The fourth-order valence-corrected chi connectivity index (χ4v) is 2.96. The molecule has 110 valence electrons. The van der Waals surface area contributed by atoms with E-state index in [1.54, 1.807) is 0 Å². The van der Waals surface area contributed by atoms with Gasteiger partial charge in [-0.15, -0.1) is 0 Å². The van der Waals surface area contributed by atoms with E-state index in [9.17, 15) is 4.79 Å². The molecule has 1 unspecified atom stereocenters. The molecule has 0 amide bonds. The van der Waals surface area contributed by atoms with E-state index < -0.39 is 0 Å². The molecule has 1 rings (SSSR count). The molecule has 2 heteroatoms. The molecule has 0 aromatic rings. The van der Waals surface area contributed by atoms with E-state index in [-0.39, 0.29) is 5.78 Å². The molecule has 1 aliphatic rings. The molecule has 0 radical (unpaired) electrons. The third-order valence-corrected chi connectivity index (χ3v) is 4.27. The van der Waals surface area contributed by atoms with Gasteiger partial charge in [-0.25, -0.2) is 0 Å². The van der Waals surface area contributed by atoms with Gasteiger partial charge in [-0.05, 0) is 18.8 Å². The minimum absolute atomic E-state index is 0.148. The van der Waals surface area contributed by atoms with Crippen LogP contribution in [0.1, 0.15) is 84.0 Å². The molecular weight excluding hydrogens is 236 g/mol. The van der Waals surface area contributed by atoms with E-state index in [0.29, 0.717) is 17.9 Å². The topological polar surface area (TPSA) is 37.3 Å². The van der Waals surface area contributed by atoms with Crippen molar-refractivity contribution < 1.29 is 9.90 Å². The second-order valence-electron chi connectivity index (χ2n) is 5.95. The molecule has 1 aliphatic carbocycles. The molecule has 0 spiro atoms. The maximum absolute atomic E-state index is 11.4. The van der Waals surface area contributed by atoms with Crippen LogP contribution in [0.2, 0.25) is 0 Å². The van der Waals surface area contributed by atoms with Gasteiger partial charge >= 0.3 is 0 Å². The third kappa shape index (κ3) is 6.79. The fraction of sp³-hybridized carbons (Fsp3) is 0.824. The summed E-state index contributed by atoms with van der Waals surface area (Å²) in [7, 11) is 0. The first-order chi connectivity index (χ1) is 9.27. The molecule has 1 fully saturated rings. The SMILES string of the molecule is CCCCCCCCCCC1CCC(=O)C(=CO)C1. The quantitative estimate of drug-likeness (QED) is 0.348. The number of Topliss-reactive ketones (excluding diaryl/α,β-unsaturated/α-hetero) is 1. The number of allylic oxidation sites excluding steroid dienone is 1. The van der Waals surface area contributed by atoms with Crippen molar-refractivity contribution in [2.45, 2.75) is 84.0 Å². The van der Waals surface area contributed by atoms with Crippen molar-refractivity contribution in [2.24, 2.45) is 5.92 Å². The average molecular weight is 266 g/mol. The maximum atomic E-state index is 11.4. The second kappa shape index (κ2) is 10.1. The molecular formula is C17H30O2. The molecule has 0 aromatic carbocycles. The smallest absolute Gasteiger partial charge is 0.161 e. The van der Waals surface area contributed by atoms with Crippen LogP contribution in [0.25, 0.3) is 0 Å². The molecule has 19 heavy (non-hydrogen) atoms. The van der Waals surface area contributed by atoms with Gasteiger partial charge in [0, 0.05) is 12.0 Å². The van der Waals surface area contributed by atoms with Crippen molar-refractivity contribution in [1.29, 1.82) is 0 Å². The largest absolute Gasteiger partial charge is 0.515 e. The summed E-state index contributed by atoms with van der Waals surface area (Å²) in [5.74, 6) is 0.769. The van der Waals surface area contributed by atoms with Crippen LogP contribution in [0.15, 0.2) is 11.8 Å². The highest BCUT2D eigenvalue weighted by Gasteiger charge is 2.22. The van der Waals surface area contributed by atoms with Gasteiger partial charge < -0.3 is 5.11 Å². The van der Waals surface area contributed by atoms with Crippen LogP contribution in [0.3, 0.4) is 0 Å². The number of carbonyl (C=O) groups excluding carboxylic acids is 1. The van der Waals surface area contributed by atoms with Crippen LogP contribution in [-0.4, -0.2) is 10.9 Å². The molecule has 0 aromatic heterocycles. The molecule has 1 saturated carbocycles. The Bertz CT molecular complexity index is 281. The summed E-state index contributed by atoms with van der Waals surface area (Å²) < 4.78 is 0. The summed E-state index contributed by atoms with van der Waals surface area (Å²) in [5, 5.41) is 9.01. The van der Waals surface area contributed by atoms with Crippen molar-refractivity contribution in [1.82, 2.24) is 0 Å². The Morgan fingerprint density at radius 2 is 1.74 bits per heavy atom. The van der Waals surface area contributed by atoms with Crippen molar-refractivity contribution in [2.75, 3.05) is 0 Å². The maximum Gasteiger partial charge on any atom is 0.161 e. The van der Waals surface area contributed by atoms with Gasteiger partial charge in [-0.3, -0.25) is 4.79 Å². The van der Waals surface area contributed by atoms with E-state index in [1.807, 2.05) is 0 Å². The highest BCUT2D eigenvalue weighted by molar-refractivity contribution is 5.95. The first kappa shape index (κ1) is 16.3. The standard InChI is InChI=1S/C17H30O2/c1-2-3-4-5-6-7-8-9-10-15-11-12-17(19)16(13-15)14-18/h14-15,18H,2-13H2,1H3. The Morgan fingerprint density at radius 1 is 1.11 bits per heavy atom. The van der Waals surface area contributed by atoms with Crippen LogP contribution >= 0.6 is 0 Å². The van der Waals surface area contributed by atoms with E-state index in [0.717, 1.165) is 19.1 Å². The van der Waals surface area contributed by atoms with Crippen molar-refractivity contribution in [3.63, 3.8) is 0 Å². The lowest BCUT2D eigenvalue weighted by Crippen LogP contribution is -2.17. The van der Waals surface area contributed by atoms with Crippen molar-refractivity contribution in [3.8, 4) is 0 Å². The summed E-state index contributed by atoms with van der Waals surface area (Å²) in [5.41, 5.74) is 0.649. The lowest BCUT2D eigenvalue weighted by molar-refractivity contribution is -0.117. The molecule has 0 bridgehead atoms. The number of aliphatic hydroxyl groups is 1. The highest BCUT2D eigenvalue weighted by Crippen LogP contribution is 2.29. The first-order valence-electron chi connectivity index (χ1n) is 8.14. The number of carbonyl (C=O) groups is 1. The first-order valence-corrected chi connectivity index (χ1v) is 8.14. The third-order valence-electron chi connectivity index (χ3n) is 4.27. The van der Waals surface area contributed by atoms with Gasteiger partial charge in [0.25, 0.3) is 0 Å². The summed E-state index contributed by atoms with van der Waals surface area (Å²) >= 11 is 0. The molecule has 0 aliphatic heterocycles. The Hall–Kier alpha value is -0.790. The summed E-state index contributed by atoms with van der Waals surface area (Å²) in [6.07, 6.45) is 15.5. The number of hydrogen-bond donors (Lipinski definition) is 1. The van der Waals surface area contributed by atoms with E-state index in [4.69, 9.17) is 5.11 Å². The highest BCUT2D eigenvalue weighted by atomic mass is 16.2. The predicted molar refractivity (Wildman–Crippen MR) is 80.3 cm³/mol. The number of aliphatic hydroxyl groups excluding tert-OH is 1. The summed E-state index contributed by atoms with van der Waals surface area (Å²) in [6, 6.07) is 0. The normalized spacial score (nSPS) is 22.1. The van der Waals surface area contributed by atoms with Crippen LogP contribution in [0, 0.1) is 5.92 Å². The fourth-order valence-electron chi connectivity index (χ4n) is 2.96.